The van der Waals surface area contributed by atoms with Crippen molar-refractivity contribution in [2.45, 2.75) is 51.9 Å². The summed E-state index contributed by atoms with van der Waals surface area (Å²) in [4.78, 5) is 34.8. The van der Waals surface area contributed by atoms with Gasteiger partial charge in [-0.2, -0.15) is 0 Å². The molecule has 4 fully saturated rings. The van der Waals surface area contributed by atoms with Crippen LogP contribution in [-0.4, -0.2) is 33.2 Å². The summed E-state index contributed by atoms with van der Waals surface area (Å²) in [6.07, 6.45) is 5.15. The first-order chi connectivity index (χ1) is 10.6. The van der Waals surface area contributed by atoms with Crippen molar-refractivity contribution in [2.24, 2.45) is 22.2 Å². The Hall–Kier alpha value is -1.85. The summed E-state index contributed by atoms with van der Waals surface area (Å²) in [6.45, 7) is 1.52. The van der Waals surface area contributed by atoms with E-state index < -0.39 is 34.2 Å². The van der Waals surface area contributed by atoms with Gasteiger partial charge in [0.05, 0.1) is 10.8 Å². The molecule has 2 atom stereocenters. The van der Waals surface area contributed by atoms with E-state index in [-0.39, 0.29) is 17.9 Å². The minimum atomic E-state index is -0.990. The molecule has 2 unspecified atom stereocenters. The van der Waals surface area contributed by atoms with Crippen LogP contribution in [0.25, 0.3) is 0 Å². The zero-order valence-electron chi connectivity index (χ0n) is 13.2. The SMILES string of the molecule is CC(=CCC12CC3CC(C(=O)O)(C1)CC(C(=O)O)(C3)C2)C(=O)O. The number of rotatable bonds is 5. The van der Waals surface area contributed by atoms with E-state index in [2.05, 4.69) is 0 Å². The van der Waals surface area contributed by atoms with Gasteiger partial charge in [0.1, 0.15) is 0 Å². The van der Waals surface area contributed by atoms with E-state index in [1.165, 1.54) is 6.92 Å². The van der Waals surface area contributed by atoms with Crippen LogP contribution in [0, 0.1) is 22.2 Å². The molecular weight excluding hydrogens is 300 g/mol. The molecule has 0 aromatic heterocycles. The lowest BCUT2D eigenvalue weighted by molar-refractivity contribution is -0.201. The maximum Gasteiger partial charge on any atom is 0.330 e. The van der Waals surface area contributed by atoms with Crippen LogP contribution in [0.1, 0.15) is 51.9 Å². The average molecular weight is 322 g/mol. The fourth-order valence-electron chi connectivity index (χ4n) is 5.80. The highest BCUT2D eigenvalue weighted by atomic mass is 16.4. The Morgan fingerprint density at radius 3 is 1.91 bits per heavy atom. The highest BCUT2D eigenvalue weighted by Gasteiger charge is 2.67. The number of hydrogen-bond acceptors (Lipinski definition) is 3. The molecule has 0 aromatic carbocycles. The number of hydrogen-bond donors (Lipinski definition) is 3. The summed E-state index contributed by atoms with van der Waals surface area (Å²) in [7, 11) is 0. The van der Waals surface area contributed by atoms with Crippen molar-refractivity contribution < 1.29 is 29.7 Å². The fraction of sp³-hybridized carbons (Fsp3) is 0.706. The highest BCUT2D eigenvalue weighted by molar-refractivity contribution is 5.85. The van der Waals surface area contributed by atoms with Crippen LogP contribution >= 0.6 is 0 Å². The standard InChI is InChI=1S/C17H22O6/c1-10(12(18)19)2-3-15-4-11-5-16(7-15,13(20)21)9-17(6-11,8-15)14(22)23/h2,11H,3-9H2,1H3,(H,18,19)(H,20,21)(H,22,23). The lowest BCUT2D eigenvalue weighted by Crippen LogP contribution is -2.61. The summed E-state index contributed by atoms with van der Waals surface area (Å²) in [6, 6.07) is 0. The fourth-order valence-corrected chi connectivity index (χ4v) is 5.80. The molecule has 4 aliphatic rings. The van der Waals surface area contributed by atoms with Gasteiger partial charge < -0.3 is 15.3 Å². The largest absolute Gasteiger partial charge is 0.481 e. The molecule has 23 heavy (non-hydrogen) atoms. The molecule has 3 N–H and O–H groups in total. The molecule has 4 saturated carbocycles. The first kappa shape index (κ1) is 16.0. The third-order valence-electron chi connectivity index (χ3n) is 6.27. The van der Waals surface area contributed by atoms with E-state index in [1.807, 2.05) is 0 Å². The first-order valence-electron chi connectivity index (χ1n) is 7.99. The van der Waals surface area contributed by atoms with Crippen molar-refractivity contribution >= 4 is 17.9 Å². The van der Waals surface area contributed by atoms with Crippen LogP contribution in [0.2, 0.25) is 0 Å². The van der Waals surface area contributed by atoms with E-state index in [4.69, 9.17) is 5.11 Å². The van der Waals surface area contributed by atoms with Crippen molar-refractivity contribution in [3.8, 4) is 0 Å². The Kier molecular flexibility index (Phi) is 3.36. The summed E-state index contributed by atoms with van der Waals surface area (Å²) >= 11 is 0. The van der Waals surface area contributed by atoms with Crippen molar-refractivity contribution in [1.29, 1.82) is 0 Å². The molecule has 126 valence electrons. The molecule has 0 heterocycles. The van der Waals surface area contributed by atoms with E-state index in [1.54, 1.807) is 6.08 Å². The van der Waals surface area contributed by atoms with Crippen LogP contribution in [0.5, 0.6) is 0 Å². The van der Waals surface area contributed by atoms with E-state index in [0.717, 1.165) is 6.42 Å². The molecule has 4 bridgehead atoms. The van der Waals surface area contributed by atoms with Crippen LogP contribution in [-0.2, 0) is 14.4 Å². The van der Waals surface area contributed by atoms with Crippen LogP contribution < -0.4 is 0 Å². The maximum atomic E-state index is 11.9. The van der Waals surface area contributed by atoms with Gasteiger partial charge in [-0.1, -0.05) is 6.08 Å². The quantitative estimate of drug-likeness (QED) is 0.671. The van der Waals surface area contributed by atoms with Gasteiger partial charge in [-0.15, -0.1) is 0 Å². The zero-order valence-corrected chi connectivity index (χ0v) is 13.2. The molecular formula is C17H22O6. The number of carboxylic acids is 3. The van der Waals surface area contributed by atoms with Gasteiger partial charge in [0, 0.05) is 5.57 Å². The number of carbonyl (C=O) groups is 3. The van der Waals surface area contributed by atoms with E-state index in [0.29, 0.717) is 32.1 Å². The van der Waals surface area contributed by atoms with Gasteiger partial charge in [-0.25, -0.2) is 4.79 Å². The lowest BCUT2D eigenvalue weighted by Gasteiger charge is -2.63. The second-order valence-electron chi connectivity index (χ2n) is 8.08. The van der Waals surface area contributed by atoms with Crippen LogP contribution in [0.15, 0.2) is 11.6 Å². The third-order valence-corrected chi connectivity index (χ3v) is 6.27. The normalized spacial score (nSPS) is 41.8. The molecule has 6 heteroatoms. The minimum Gasteiger partial charge on any atom is -0.481 e. The van der Waals surface area contributed by atoms with Crippen LogP contribution in [0.4, 0.5) is 0 Å². The predicted molar refractivity (Wildman–Crippen MR) is 79.8 cm³/mol. The molecule has 0 aromatic rings. The Bertz CT molecular complexity index is 589. The average Bonchev–Trinajstić information content (AvgIpc) is 2.43. The highest BCUT2D eigenvalue weighted by Crippen LogP contribution is 2.70. The summed E-state index contributed by atoms with van der Waals surface area (Å²) < 4.78 is 0. The Labute approximate surface area is 134 Å². The smallest absolute Gasteiger partial charge is 0.330 e. The topological polar surface area (TPSA) is 112 Å². The van der Waals surface area contributed by atoms with Gasteiger partial charge >= 0.3 is 17.9 Å². The second kappa shape index (κ2) is 4.82. The number of aliphatic carboxylic acids is 3. The summed E-state index contributed by atoms with van der Waals surface area (Å²) in [5.74, 6) is -2.67. The van der Waals surface area contributed by atoms with Crippen molar-refractivity contribution in [3.05, 3.63) is 11.6 Å². The molecule has 0 radical (unpaired) electrons. The lowest BCUT2D eigenvalue weighted by atomic mass is 9.39. The van der Waals surface area contributed by atoms with Gasteiger partial charge in [-0.3, -0.25) is 9.59 Å². The summed E-state index contributed by atoms with van der Waals surface area (Å²) in [5.41, 5.74) is -2.08. The van der Waals surface area contributed by atoms with Gasteiger partial charge in [0.2, 0.25) is 0 Å². The molecule has 0 saturated heterocycles. The third kappa shape index (κ3) is 2.35. The van der Waals surface area contributed by atoms with Gasteiger partial charge in [-0.05, 0) is 63.2 Å². The molecule has 0 amide bonds. The Balaban J connectivity index is 1.99. The predicted octanol–water partition coefficient (Wildman–Crippen LogP) is 2.53. The molecule has 0 spiro atoms. The maximum absolute atomic E-state index is 11.9. The minimum absolute atomic E-state index is 0.108. The van der Waals surface area contributed by atoms with E-state index >= 15 is 0 Å². The summed E-state index contributed by atoms with van der Waals surface area (Å²) in [5, 5.41) is 28.5. The van der Waals surface area contributed by atoms with Crippen molar-refractivity contribution in [1.82, 2.24) is 0 Å². The number of allylic oxidation sites excluding steroid dienone is 1. The van der Waals surface area contributed by atoms with E-state index in [9.17, 15) is 24.6 Å². The molecule has 4 aliphatic carbocycles. The second-order valence-corrected chi connectivity index (χ2v) is 8.08. The van der Waals surface area contributed by atoms with Gasteiger partial charge in [0.25, 0.3) is 0 Å². The monoisotopic (exact) mass is 322 g/mol. The van der Waals surface area contributed by atoms with Gasteiger partial charge in [0.15, 0.2) is 0 Å². The van der Waals surface area contributed by atoms with Crippen LogP contribution in [0.3, 0.4) is 0 Å². The Morgan fingerprint density at radius 1 is 0.957 bits per heavy atom. The first-order valence-corrected chi connectivity index (χ1v) is 7.99. The Morgan fingerprint density at radius 2 is 1.48 bits per heavy atom. The molecule has 6 nitrogen and oxygen atoms in total. The zero-order chi connectivity index (χ0) is 17.0. The van der Waals surface area contributed by atoms with Crippen molar-refractivity contribution in [2.75, 3.05) is 0 Å². The van der Waals surface area contributed by atoms with Crippen molar-refractivity contribution in [3.63, 3.8) is 0 Å². The molecule has 4 rings (SSSR count). The number of carboxylic acid groups (broad SMARTS) is 3. The molecule has 0 aliphatic heterocycles.